The van der Waals surface area contributed by atoms with Gasteiger partial charge in [-0.1, -0.05) is 55.7 Å². The van der Waals surface area contributed by atoms with E-state index in [1.165, 1.54) is 37.8 Å². The van der Waals surface area contributed by atoms with Crippen LogP contribution in [-0.2, 0) is 7.05 Å². The van der Waals surface area contributed by atoms with Crippen LogP contribution in [0.4, 0.5) is 5.69 Å². The zero-order chi connectivity index (χ0) is 26.3. The number of aromatic nitrogens is 1. The fourth-order valence-electron chi connectivity index (χ4n) is 6.10. The van der Waals surface area contributed by atoms with Crippen molar-refractivity contribution in [3.63, 3.8) is 0 Å². The van der Waals surface area contributed by atoms with Gasteiger partial charge in [0.05, 0.1) is 0 Å². The van der Waals surface area contributed by atoms with Gasteiger partial charge in [0.1, 0.15) is 18.5 Å². The van der Waals surface area contributed by atoms with Gasteiger partial charge in [0, 0.05) is 62.4 Å². The lowest BCUT2D eigenvalue weighted by Gasteiger charge is -2.43. The van der Waals surface area contributed by atoms with Crippen LogP contribution in [0, 0.1) is 0 Å². The summed E-state index contributed by atoms with van der Waals surface area (Å²) in [5.41, 5.74) is 5.12. The number of β-amino-alcohol motifs (C(OH)–C–C–N with tert-alkyl or cyclic N) is 1. The summed E-state index contributed by atoms with van der Waals surface area (Å²) in [5.74, 6) is 1.51. The van der Waals surface area contributed by atoms with E-state index in [0.717, 1.165) is 36.6 Å². The normalized spacial score (nSPS) is 20.2. The second kappa shape index (κ2) is 12.7. The molecule has 0 radical (unpaired) electrons. The molecule has 1 saturated heterocycles. The van der Waals surface area contributed by atoms with Crippen molar-refractivity contribution in [1.82, 2.24) is 9.47 Å². The van der Waals surface area contributed by atoms with Gasteiger partial charge in [0.2, 0.25) is 0 Å². The number of benzene rings is 2. The molecule has 5 rings (SSSR count). The minimum atomic E-state index is -0.538. The number of aliphatic hydroxyl groups is 1. The first-order chi connectivity index (χ1) is 18.6. The van der Waals surface area contributed by atoms with Gasteiger partial charge < -0.3 is 19.3 Å². The Kier molecular flexibility index (Phi) is 8.87. The Morgan fingerprint density at radius 2 is 1.74 bits per heavy atom. The molecule has 1 aliphatic carbocycles. The Hall–Kier alpha value is -3.02. The molecule has 0 spiro atoms. The van der Waals surface area contributed by atoms with Crippen LogP contribution in [0.15, 0.2) is 66.9 Å². The third-order valence-electron chi connectivity index (χ3n) is 8.30. The molecule has 1 aromatic heterocycles. The van der Waals surface area contributed by atoms with E-state index < -0.39 is 6.10 Å². The molecule has 202 valence electrons. The molecule has 38 heavy (non-hydrogen) atoms. The number of para-hydroxylation sites is 2. The maximum absolute atomic E-state index is 10.9. The van der Waals surface area contributed by atoms with Crippen LogP contribution in [-0.4, -0.2) is 59.5 Å². The van der Waals surface area contributed by atoms with Crippen molar-refractivity contribution in [3.8, 4) is 5.75 Å². The van der Waals surface area contributed by atoms with Gasteiger partial charge >= 0.3 is 0 Å². The molecule has 5 nitrogen and oxygen atoms in total. The Balaban J connectivity index is 1.15. The van der Waals surface area contributed by atoms with E-state index in [0.29, 0.717) is 18.5 Å². The molecule has 2 aromatic carbocycles. The second-order valence-corrected chi connectivity index (χ2v) is 11.1. The molecular formula is C33H43N3O2. The molecular weight excluding hydrogens is 470 g/mol. The smallest absolute Gasteiger partial charge is 0.126 e. The highest BCUT2D eigenvalue weighted by atomic mass is 16.5. The van der Waals surface area contributed by atoms with Crippen molar-refractivity contribution >= 4 is 17.8 Å². The van der Waals surface area contributed by atoms with Crippen LogP contribution in [0.5, 0.6) is 5.75 Å². The molecule has 3 aromatic rings. The van der Waals surface area contributed by atoms with Crippen LogP contribution in [0.2, 0.25) is 0 Å². The van der Waals surface area contributed by atoms with E-state index in [-0.39, 0.29) is 6.61 Å². The summed E-state index contributed by atoms with van der Waals surface area (Å²) in [6.07, 6.45) is 12.4. The summed E-state index contributed by atoms with van der Waals surface area (Å²) in [6.45, 7) is 6.13. The third kappa shape index (κ3) is 6.51. The largest absolute Gasteiger partial charge is 0.490 e. The van der Waals surface area contributed by atoms with Gasteiger partial charge in [-0.15, -0.1) is 0 Å². The third-order valence-corrected chi connectivity index (χ3v) is 8.30. The lowest BCUT2D eigenvalue weighted by atomic mass is 9.83. The highest BCUT2D eigenvalue weighted by molar-refractivity contribution is 5.71. The molecule has 2 fully saturated rings. The van der Waals surface area contributed by atoms with Crippen molar-refractivity contribution < 1.29 is 9.84 Å². The lowest BCUT2D eigenvalue weighted by molar-refractivity contribution is 0.0511. The predicted octanol–water partition coefficient (Wildman–Crippen LogP) is 6.19. The average Bonchev–Trinajstić information content (AvgIpc) is 3.37. The Labute approximate surface area is 228 Å². The van der Waals surface area contributed by atoms with Gasteiger partial charge in [0.25, 0.3) is 0 Å². The molecule has 2 heterocycles. The number of hydrogen-bond acceptors (Lipinski definition) is 4. The highest BCUT2D eigenvalue weighted by Crippen LogP contribution is 2.38. The predicted molar refractivity (Wildman–Crippen MR) is 158 cm³/mol. The van der Waals surface area contributed by atoms with E-state index in [2.05, 4.69) is 63.8 Å². The highest BCUT2D eigenvalue weighted by Gasteiger charge is 2.28. The van der Waals surface area contributed by atoms with Gasteiger partial charge in [0.15, 0.2) is 0 Å². The molecule has 0 bridgehead atoms. The molecule has 2 atom stereocenters. The van der Waals surface area contributed by atoms with Gasteiger partial charge in [-0.3, -0.25) is 4.90 Å². The summed E-state index contributed by atoms with van der Waals surface area (Å²) in [5, 5.41) is 10.9. The first-order valence-electron chi connectivity index (χ1n) is 14.4. The zero-order valence-corrected chi connectivity index (χ0v) is 23.0. The zero-order valence-electron chi connectivity index (χ0n) is 23.0. The Bertz CT molecular complexity index is 1200. The number of ether oxygens (including phenoxy) is 1. The summed E-state index contributed by atoms with van der Waals surface area (Å²) >= 11 is 0. The first-order valence-corrected chi connectivity index (χ1v) is 14.4. The SMILES string of the molecule is CC1CN(c2ccccc2C2CCCCC2)CCN1CC(O)COc1ccccc1C=Cc1cccn1C. The van der Waals surface area contributed by atoms with Gasteiger partial charge in [-0.05, 0) is 67.7 Å². The number of aryl methyl sites for hydroxylation is 1. The minimum absolute atomic E-state index is 0.284. The summed E-state index contributed by atoms with van der Waals surface area (Å²) in [6, 6.07) is 21.6. The Morgan fingerprint density at radius 1 is 0.947 bits per heavy atom. The quantitative estimate of drug-likeness (QED) is 0.370. The number of rotatable bonds is 9. The monoisotopic (exact) mass is 513 g/mol. The molecule has 0 amide bonds. The van der Waals surface area contributed by atoms with Crippen LogP contribution in [0.25, 0.3) is 12.2 Å². The van der Waals surface area contributed by atoms with Crippen LogP contribution >= 0.6 is 0 Å². The maximum Gasteiger partial charge on any atom is 0.126 e. The van der Waals surface area contributed by atoms with Crippen molar-refractivity contribution in [2.24, 2.45) is 7.05 Å². The second-order valence-electron chi connectivity index (χ2n) is 11.1. The maximum atomic E-state index is 10.9. The standard InChI is InChI=1S/C33H43N3O2/c1-26-23-36(32-16-8-7-15-31(32)27-11-4-3-5-12-27)22-21-35(26)24-30(37)25-38-33-17-9-6-13-28(33)18-19-29-14-10-20-34(29)2/h6-10,13-20,26-27,30,37H,3-5,11-12,21-25H2,1-2H3. The Morgan fingerprint density at radius 3 is 2.53 bits per heavy atom. The van der Waals surface area contributed by atoms with Crippen molar-refractivity contribution in [1.29, 1.82) is 0 Å². The van der Waals surface area contributed by atoms with Crippen molar-refractivity contribution in [2.45, 2.75) is 57.1 Å². The molecule has 2 aliphatic rings. The van der Waals surface area contributed by atoms with Crippen LogP contribution in [0.1, 0.15) is 61.8 Å². The lowest BCUT2D eigenvalue weighted by Crippen LogP contribution is -2.54. The topological polar surface area (TPSA) is 40.9 Å². The number of nitrogens with zero attached hydrogens (tertiary/aromatic N) is 3. The van der Waals surface area contributed by atoms with Crippen LogP contribution < -0.4 is 9.64 Å². The molecule has 5 heteroatoms. The fourth-order valence-corrected chi connectivity index (χ4v) is 6.10. The van der Waals surface area contributed by atoms with Crippen molar-refractivity contribution in [3.05, 3.63) is 83.7 Å². The van der Waals surface area contributed by atoms with E-state index in [9.17, 15) is 5.11 Å². The first kappa shape index (κ1) is 26.6. The fraction of sp³-hybridized carbons (Fsp3) is 0.455. The summed E-state index contributed by atoms with van der Waals surface area (Å²) in [4.78, 5) is 4.98. The molecule has 2 unspecified atom stereocenters. The van der Waals surface area contributed by atoms with E-state index >= 15 is 0 Å². The molecule has 1 aliphatic heterocycles. The van der Waals surface area contributed by atoms with Gasteiger partial charge in [-0.25, -0.2) is 0 Å². The molecule has 1 N–H and O–H groups in total. The van der Waals surface area contributed by atoms with Gasteiger partial charge in [-0.2, -0.15) is 0 Å². The van der Waals surface area contributed by atoms with E-state index in [1.807, 2.05) is 43.6 Å². The van der Waals surface area contributed by atoms with Crippen molar-refractivity contribution in [2.75, 3.05) is 37.7 Å². The van der Waals surface area contributed by atoms with E-state index in [4.69, 9.17) is 4.74 Å². The van der Waals surface area contributed by atoms with E-state index in [1.54, 1.807) is 5.56 Å². The minimum Gasteiger partial charge on any atom is -0.490 e. The number of aliphatic hydroxyl groups excluding tert-OH is 1. The molecule has 1 saturated carbocycles. The summed E-state index contributed by atoms with van der Waals surface area (Å²) in [7, 11) is 2.04. The number of anilines is 1. The van der Waals surface area contributed by atoms with Crippen LogP contribution in [0.3, 0.4) is 0 Å². The number of piperazine rings is 1. The number of hydrogen-bond donors (Lipinski definition) is 1. The average molecular weight is 514 g/mol. The summed E-state index contributed by atoms with van der Waals surface area (Å²) < 4.78 is 8.19.